The number of fused-ring (bicyclic) bond motifs is 1. The van der Waals surface area contributed by atoms with Gasteiger partial charge in [0.2, 0.25) is 0 Å². The lowest BCUT2D eigenvalue weighted by molar-refractivity contribution is -0.137. The Hall–Kier alpha value is -2.66. The SMILES string of the molecule is O=c1c2cc(Br)ccc2nc(-c2cccc(CSCCO)c2)n1/N=C/c1ccc(Cl)c(C(F)(F)F)c1. The number of aromatic nitrogens is 2. The van der Waals surface area contributed by atoms with Gasteiger partial charge in [0.05, 0.1) is 34.3 Å². The number of hydrogen-bond acceptors (Lipinski definition) is 5. The van der Waals surface area contributed by atoms with Crippen molar-refractivity contribution in [2.24, 2.45) is 5.10 Å². The first-order valence-electron chi connectivity index (χ1n) is 10.6. The van der Waals surface area contributed by atoms with Crippen LogP contribution in [-0.4, -0.2) is 33.3 Å². The lowest BCUT2D eigenvalue weighted by atomic mass is 10.1. The van der Waals surface area contributed by atoms with Crippen LogP contribution in [0.1, 0.15) is 16.7 Å². The van der Waals surface area contributed by atoms with Crippen LogP contribution in [0, 0.1) is 0 Å². The van der Waals surface area contributed by atoms with Crippen LogP contribution in [0.3, 0.4) is 0 Å². The van der Waals surface area contributed by atoms with Gasteiger partial charge in [-0.25, -0.2) is 4.98 Å². The molecule has 0 spiro atoms. The van der Waals surface area contributed by atoms with Crippen LogP contribution in [0.15, 0.2) is 75.0 Å². The van der Waals surface area contributed by atoms with E-state index < -0.39 is 22.3 Å². The van der Waals surface area contributed by atoms with Gasteiger partial charge in [-0.2, -0.15) is 34.7 Å². The third-order valence-electron chi connectivity index (χ3n) is 5.12. The first-order chi connectivity index (χ1) is 17.2. The summed E-state index contributed by atoms with van der Waals surface area (Å²) < 4.78 is 41.6. The van der Waals surface area contributed by atoms with Crippen LogP contribution in [0.4, 0.5) is 13.2 Å². The minimum atomic E-state index is -4.63. The first-order valence-corrected chi connectivity index (χ1v) is 12.9. The molecule has 0 saturated carbocycles. The van der Waals surface area contributed by atoms with Crippen molar-refractivity contribution in [2.75, 3.05) is 12.4 Å². The smallest absolute Gasteiger partial charge is 0.396 e. The summed E-state index contributed by atoms with van der Waals surface area (Å²) in [4.78, 5) is 18.1. The van der Waals surface area contributed by atoms with E-state index in [1.165, 1.54) is 12.3 Å². The average Bonchev–Trinajstić information content (AvgIpc) is 2.84. The standard InChI is InChI=1S/C25H18BrClF3N3O2S/c26-18-5-7-22-19(12-18)24(35)33(31-13-15-4-6-21(27)20(11-15)25(28,29)30)23(32-22)17-3-1-2-16(10-17)14-36-9-8-34/h1-7,10-13,34H,8-9,14H2/b31-13+. The van der Waals surface area contributed by atoms with Crippen LogP contribution in [0.25, 0.3) is 22.3 Å². The number of alkyl halides is 3. The molecule has 1 aromatic heterocycles. The number of aliphatic hydroxyl groups excluding tert-OH is 1. The Morgan fingerprint density at radius 3 is 2.69 bits per heavy atom. The molecule has 3 aromatic carbocycles. The molecular weight excluding hydrogens is 579 g/mol. The van der Waals surface area contributed by atoms with Gasteiger partial charge in [-0.05, 0) is 47.5 Å². The monoisotopic (exact) mass is 595 g/mol. The Labute approximate surface area is 221 Å². The Morgan fingerprint density at radius 2 is 1.94 bits per heavy atom. The van der Waals surface area contributed by atoms with Gasteiger partial charge in [0, 0.05) is 21.5 Å². The number of hydrogen-bond donors (Lipinski definition) is 1. The highest BCUT2D eigenvalue weighted by atomic mass is 79.9. The molecule has 0 unspecified atom stereocenters. The van der Waals surface area contributed by atoms with E-state index in [1.54, 1.807) is 36.0 Å². The lowest BCUT2D eigenvalue weighted by Crippen LogP contribution is -2.20. The lowest BCUT2D eigenvalue weighted by Gasteiger charge is -2.12. The highest BCUT2D eigenvalue weighted by Gasteiger charge is 2.33. The van der Waals surface area contributed by atoms with Crippen molar-refractivity contribution >= 4 is 56.4 Å². The van der Waals surface area contributed by atoms with Crippen molar-refractivity contribution in [3.05, 3.63) is 97.2 Å². The summed E-state index contributed by atoms with van der Waals surface area (Å²) in [5.41, 5.74) is 0.679. The Bertz CT molecular complexity index is 1510. The molecule has 0 bridgehead atoms. The molecule has 5 nitrogen and oxygen atoms in total. The number of halogens is 5. The second kappa shape index (κ2) is 11.2. The highest BCUT2D eigenvalue weighted by molar-refractivity contribution is 9.10. The molecule has 0 amide bonds. The van der Waals surface area contributed by atoms with Crippen molar-refractivity contribution in [2.45, 2.75) is 11.9 Å². The van der Waals surface area contributed by atoms with Crippen molar-refractivity contribution in [3.8, 4) is 11.4 Å². The summed E-state index contributed by atoms with van der Waals surface area (Å²) in [6.45, 7) is 0.0706. The van der Waals surface area contributed by atoms with Crippen LogP contribution in [-0.2, 0) is 11.9 Å². The predicted octanol–water partition coefficient (Wildman–Crippen LogP) is 6.61. The van der Waals surface area contributed by atoms with Gasteiger partial charge in [-0.3, -0.25) is 4.79 Å². The van der Waals surface area contributed by atoms with Gasteiger partial charge < -0.3 is 5.11 Å². The van der Waals surface area contributed by atoms with E-state index in [9.17, 15) is 18.0 Å². The van der Waals surface area contributed by atoms with Gasteiger partial charge in [-0.15, -0.1) is 0 Å². The van der Waals surface area contributed by atoms with E-state index in [0.717, 1.165) is 22.4 Å². The molecule has 36 heavy (non-hydrogen) atoms. The highest BCUT2D eigenvalue weighted by Crippen LogP contribution is 2.35. The molecule has 0 fully saturated rings. The van der Waals surface area contributed by atoms with Crippen molar-refractivity contribution in [1.82, 2.24) is 9.66 Å². The van der Waals surface area contributed by atoms with E-state index in [0.29, 0.717) is 32.4 Å². The third kappa shape index (κ3) is 6.00. The maximum Gasteiger partial charge on any atom is 0.417 e. The van der Waals surface area contributed by atoms with E-state index in [4.69, 9.17) is 16.7 Å². The molecule has 11 heteroatoms. The second-order valence-corrected chi connectivity index (χ2v) is 10.1. The molecular formula is C25H18BrClF3N3O2S. The van der Waals surface area contributed by atoms with E-state index in [1.807, 2.05) is 18.2 Å². The van der Waals surface area contributed by atoms with Crippen LogP contribution < -0.4 is 5.56 Å². The minimum Gasteiger partial charge on any atom is -0.396 e. The molecule has 4 aromatic rings. The molecule has 0 atom stereocenters. The first kappa shape index (κ1) is 26.4. The third-order valence-corrected chi connectivity index (χ3v) is 6.95. The zero-order valence-electron chi connectivity index (χ0n) is 18.5. The zero-order valence-corrected chi connectivity index (χ0v) is 21.6. The molecule has 186 valence electrons. The van der Waals surface area contributed by atoms with Gasteiger partial charge >= 0.3 is 6.18 Å². The van der Waals surface area contributed by atoms with E-state index in [2.05, 4.69) is 26.0 Å². The summed E-state index contributed by atoms with van der Waals surface area (Å²) in [5, 5.41) is 13.2. The fourth-order valence-corrected chi connectivity index (χ4v) is 4.74. The van der Waals surface area contributed by atoms with Gasteiger partial charge in [-0.1, -0.05) is 51.8 Å². The minimum absolute atomic E-state index is 0.0706. The Balaban J connectivity index is 1.85. The summed E-state index contributed by atoms with van der Waals surface area (Å²) in [6, 6.07) is 15.9. The topological polar surface area (TPSA) is 67.5 Å². The molecule has 0 aliphatic heterocycles. The fourth-order valence-electron chi connectivity index (χ4n) is 3.46. The zero-order chi connectivity index (χ0) is 25.9. The summed E-state index contributed by atoms with van der Waals surface area (Å²) >= 11 is 10.6. The quantitative estimate of drug-likeness (QED) is 0.193. The van der Waals surface area contributed by atoms with Gasteiger partial charge in [0.1, 0.15) is 0 Å². The Kier molecular flexibility index (Phi) is 8.19. The van der Waals surface area contributed by atoms with Crippen LogP contribution in [0.5, 0.6) is 0 Å². The number of aliphatic hydroxyl groups is 1. The normalized spacial score (nSPS) is 12.1. The van der Waals surface area contributed by atoms with Crippen LogP contribution in [0.2, 0.25) is 5.02 Å². The van der Waals surface area contributed by atoms with Crippen molar-refractivity contribution in [1.29, 1.82) is 0 Å². The maximum absolute atomic E-state index is 13.4. The van der Waals surface area contributed by atoms with Gasteiger partial charge in [0.15, 0.2) is 5.82 Å². The largest absolute Gasteiger partial charge is 0.417 e. The number of benzene rings is 3. The number of nitrogens with zero attached hydrogens (tertiary/aromatic N) is 3. The molecule has 4 rings (SSSR count). The molecule has 1 N–H and O–H groups in total. The average molecular weight is 597 g/mol. The summed E-state index contributed by atoms with van der Waals surface area (Å²) in [5.74, 6) is 1.47. The van der Waals surface area contributed by atoms with E-state index in [-0.39, 0.29) is 18.0 Å². The molecule has 0 saturated heterocycles. The van der Waals surface area contributed by atoms with Crippen LogP contribution >= 0.6 is 39.3 Å². The molecule has 0 radical (unpaired) electrons. The summed E-state index contributed by atoms with van der Waals surface area (Å²) in [7, 11) is 0. The number of thioether (sulfide) groups is 1. The van der Waals surface area contributed by atoms with Crippen molar-refractivity contribution < 1.29 is 18.3 Å². The maximum atomic E-state index is 13.4. The molecule has 0 aliphatic rings. The molecule has 1 heterocycles. The summed E-state index contributed by atoms with van der Waals surface area (Å²) in [6.07, 6.45) is -3.46. The second-order valence-electron chi connectivity index (χ2n) is 7.67. The van der Waals surface area contributed by atoms with E-state index >= 15 is 0 Å². The number of rotatable bonds is 7. The predicted molar refractivity (Wildman–Crippen MR) is 142 cm³/mol. The fraction of sp³-hybridized carbons (Fsp3) is 0.160. The van der Waals surface area contributed by atoms with Crippen molar-refractivity contribution in [3.63, 3.8) is 0 Å². The van der Waals surface area contributed by atoms with Gasteiger partial charge in [0.25, 0.3) is 5.56 Å². The molecule has 0 aliphatic carbocycles. The Morgan fingerprint density at radius 1 is 1.14 bits per heavy atom.